The molecule has 0 spiro atoms. The van der Waals surface area contributed by atoms with Gasteiger partial charge >= 0.3 is 0 Å². The number of ketones is 1. The van der Waals surface area contributed by atoms with Crippen LogP contribution < -0.4 is 5.32 Å². The third-order valence-electron chi connectivity index (χ3n) is 4.67. The zero-order valence-electron chi connectivity index (χ0n) is 14.4. The molecule has 0 aliphatic heterocycles. The van der Waals surface area contributed by atoms with E-state index in [9.17, 15) is 4.79 Å². The van der Waals surface area contributed by atoms with Gasteiger partial charge in [-0.2, -0.15) is 0 Å². The van der Waals surface area contributed by atoms with Crippen molar-refractivity contribution in [3.63, 3.8) is 0 Å². The topological polar surface area (TPSA) is 54.9 Å². The maximum Gasteiger partial charge on any atom is 0.227 e. The van der Waals surface area contributed by atoms with Crippen LogP contribution >= 0.6 is 11.6 Å². The molecular formula is C21H18ClN3O. The number of hydrogen-bond acceptors (Lipinski definition) is 4. The van der Waals surface area contributed by atoms with Crippen molar-refractivity contribution in [3.8, 4) is 0 Å². The Morgan fingerprint density at radius 3 is 2.62 bits per heavy atom. The number of aromatic nitrogens is 2. The van der Waals surface area contributed by atoms with E-state index >= 15 is 0 Å². The van der Waals surface area contributed by atoms with E-state index in [-0.39, 0.29) is 11.7 Å². The first kappa shape index (κ1) is 16.7. The number of nitrogens with one attached hydrogen (secondary N) is 1. The summed E-state index contributed by atoms with van der Waals surface area (Å²) in [6.45, 7) is 1.87. The van der Waals surface area contributed by atoms with E-state index < -0.39 is 0 Å². The molecule has 0 amide bonds. The number of carbonyl (C=O) groups excluding carboxylic acids is 1. The van der Waals surface area contributed by atoms with E-state index in [1.807, 2.05) is 61.5 Å². The second-order valence-corrected chi connectivity index (χ2v) is 6.97. The fourth-order valence-corrected chi connectivity index (χ4v) is 3.68. The van der Waals surface area contributed by atoms with Crippen molar-refractivity contribution in [2.45, 2.75) is 25.7 Å². The zero-order chi connectivity index (χ0) is 18.1. The predicted molar refractivity (Wildman–Crippen MR) is 103 cm³/mol. The van der Waals surface area contributed by atoms with E-state index in [0.717, 1.165) is 22.6 Å². The molecule has 2 aromatic carbocycles. The minimum Gasteiger partial charge on any atom is -0.324 e. The molecular weight excluding hydrogens is 346 g/mol. The summed E-state index contributed by atoms with van der Waals surface area (Å²) in [6, 6.07) is 17.5. The number of benzene rings is 2. The molecule has 1 unspecified atom stereocenters. The van der Waals surface area contributed by atoms with Crippen LogP contribution in [0.3, 0.4) is 0 Å². The molecule has 3 aromatic rings. The molecule has 0 saturated carbocycles. The van der Waals surface area contributed by atoms with Gasteiger partial charge in [0.05, 0.1) is 17.0 Å². The van der Waals surface area contributed by atoms with Crippen LogP contribution in [0.1, 0.15) is 39.6 Å². The molecule has 130 valence electrons. The highest BCUT2D eigenvalue weighted by molar-refractivity contribution is 6.30. The largest absolute Gasteiger partial charge is 0.324 e. The Hall–Kier alpha value is -2.72. The zero-order valence-corrected chi connectivity index (χ0v) is 15.1. The van der Waals surface area contributed by atoms with Gasteiger partial charge in [0, 0.05) is 17.1 Å². The Bertz CT molecular complexity index is 972. The van der Waals surface area contributed by atoms with Crippen LogP contribution in [0.25, 0.3) is 0 Å². The molecule has 1 atom stereocenters. The van der Waals surface area contributed by atoms with Gasteiger partial charge in [-0.05, 0) is 49.1 Å². The van der Waals surface area contributed by atoms with Crippen molar-refractivity contribution in [1.29, 1.82) is 0 Å². The molecule has 5 heteroatoms. The average Bonchev–Trinajstić information content (AvgIpc) is 2.62. The van der Waals surface area contributed by atoms with Gasteiger partial charge in [-0.3, -0.25) is 4.79 Å². The van der Waals surface area contributed by atoms with Gasteiger partial charge in [0.2, 0.25) is 5.95 Å². The normalized spacial score (nSPS) is 16.2. The van der Waals surface area contributed by atoms with Gasteiger partial charge in [-0.1, -0.05) is 41.9 Å². The van der Waals surface area contributed by atoms with Crippen LogP contribution in [0.15, 0.2) is 54.6 Å². The standard InChI is InChI=1S/C21H18ClN3O/c1-13-20-18(25-21(23-13)24-17-8-3-2-4-9-17)11-15(12-19(20)26)14-6-5-7-16(22)10-14/h2-10,15H,11-12H2,1H3,(H,23,24,25). The van der Waals surface area contributed by atoms with Gasteiger partial charge in [0.25, 0.3) is 0 Å². The lowest BCUT2D eigenvalue weighted by molar-refractivity contribution is 0.0962. The molecule has 1 heterocycles. The molecule has 26 heavy (non-hydrogen) atoms. The SMILES string of the molecule is Cc1nc(Nc2ccccc2)nc2c1C(=O)CC(c1cccc(Cl)c1)C2. The molecule has 4 rings (SSSR count). The number of nitrogens with zero attached hydrogens (tertiary/aromatic N) is 2. The second-order valence-electron chi connectivity index (χ2n) is 6.53. The van der Waals surface area contributed by atoms with Crippen molar-refractivity contribution in [1.82, 2.24) is 9.97 Å². The number of aryl methyl sites for hydroxylation is 1. The number of Topliss-reactive ketones (excluding diaryl/α,β-unsaturated/α-hetero) is 1. The van der Waals surface area contributed by atoms with Crippen molar-refractivity contribution >= 4 is 29.0 Å². The first-order chi connectivity index (χ1) is 12.6. The van der Waals surface area contributed by atoms with E-state index in [4.69, 9.17) is 11.6 Å². The summed E-state index contributed by atoms with van der Waals surface area (Å²) in [5.41, 5.74) is 4.19. The summed E-state index contributed by atoms with van der Waals surface area (Å²) < 4.78 is 0. The van der Waals surface area contributed by atoms with Crippen molar-refractivity contribution in [3.05, 3.63) is 82.1 Å². The molecule has 0 radical (unpaired) electrons. The third-order valence-corrected chi connectivity index (χ3v) is 4.90. The number of para-hydroxylation sites is 1. The lowest BCUT2D eigenvalue weighted by atomic mass is 9.81. The van der Waals surface area contributed by atoms with Gasteiger partial charge in [0.1, 0.15) is 0 Å². The highest BCUT2D eigenvalue weighted by atomic mass is 35.5. The van der Waals surface area contributed by atoms with Gasteiger partial charge < -0.3 is 5.32 Å². The summed E-state index contributed by atoms with van der Waals surface area (Å²) in [5, 5.41) is 3.90. The first-order valence-corrected chi connectivity index (χ1v) is 8.96. The molecule has 0 saturated heterocycles. The highest BCUT2D eigenvalue weighted by Crippen LogP contribution is 2.34. The minimum atomic E-state index is 0.0903. The highest BCUT2D eigenvalue weighted by Gasteiger charge is 2.30. The Morgan fingerprint density at radius 2 is 1.85 bits per heavy atom. The average molecular weight is 364 g/mol. The van der Waals surface area contributed by atoms with Crippen molar-refractivity contribution in [2.75, 3.05) is 5.32 Å². The fraction of sp³-hybridized carbons (Fsp3) is 0.190. The summed E-state index contributed by atoms with van der Waals surface area (Å²) in [6.07, 6.45) is 1.16. The number of carbonyl (C=O) groups is 1. The number of rotatable bonds is 3. The summed E-state index contributed by atoms with van der Waals surface area (Å²) in [5.74, 6) is 0.708. The van der Waals surface area contributed by atoms with Crippen molar-refractivity contribution in [2.24, 2.45) is 0 Å². The molecule has 1 aliphatic rings. The first-order valence-electron chi connectivity index (χ1n) is 8.58. The van der Waals surface area contributed by atoms with Gasteiger partial charge in [-0.15, -0.1) is 0 Å². The Kier molecular flexibility index (Phi) is 4.43. The summed E-state index contributed by atoms with van der Waals surface area (Å²) >= 11 is 6.12. The van der Waals surface area contributed by atoms with Gasteiger partial charge in [-0.25, -0.2) is 9.97 Å². The van der Waals surface area contributed by atoms with Crippen LogP contribution in [-0.2, 0) is 6.42 Å². The maximum atomic E-state index is 12.7. The van der Waals surface area contributed by atoms with Crippen LogP contribution in [0, 0.1) is 6.92 Å². The Morgan fingerprint density at radius 1 is 1.04 bits per heavy atom. The molecule has 0 fully saturated rings. The number of fused-ring (bicyclic) bond motifs is 1. The van der Waals surface area contributed by atoms with Crippen LogP contribution in [0.2, 0.25) is 5.02 Å². The van der Waals surface area contributed by atoms with Crippen LogP contribution in [0.5, 0.6) is 0 Å². The van der Waals surface area contributed by atoms with E-state index in [2.05, 4.69) is 15.3 Å². The number of anilines is 2. The van der Waals surface area contributed by atoms with Crippen LogP contribution in [0.4, 0.5) is 11.6 Å². The Balaban J connectivity index is 1.68. The molecule has 1 aromatic heterocycles. The third kappa shape index (κ3) is 3.33. The number of hydrogen-bond donors (Lipinski definition) is 1. The quantitative estimate of drug-likeness (QED) is 0.703. The van der Waals surface area contributed by atoms with Crippen LogP contribution in [-0.4, -0.2) is 15.8 Å². The second kappa shape index (κ2) is 6.89. The minimum absolute atomic E-state index is 0.0903. The number of halogens is 1. The van der Waals surface area contributed by atoms with Gasteiger partial charge in [0.15, 0.2) is 5.78 Å². The monoisotopic (exact) mass is 363 g/mol. The molecule has 1 aliphatic carbocycles. The smallest absolute Gasteiger partial charge is 0.227 e. The lowest BCUT2D eigenvalue weighted by Gasteiger charge is -2.24. The van der Waals surface area contributed by atoms with E-state index in [1.54, 1.807) is 0 Å². The molecule has 1 N–H and O–H groups in total. The Labute approximate surface area is 157 Å². The molecule has 0 bridgehead atoms. The molecule has 4 nitrogen and oxygen atoms in total. The fourth-order valence-electron chi connectivity index (χ4n) is 3.48. The maximum absolute atomic E-state index is 12.7. The van der Waals surface area contributed by atoms with Crippen molar-refractivity contribution < 1.29 is 4.79 Å². The summed E-state index contributed by atoms with van der Waals surface area (Å²) in [4.78, 5) is 21.8. The predicted octanol–water partition coefficient (Wildman–Crippen LogP) is 5.09. The van der Waals surface area contributed by atoms with E-state index in [0.29, 0.717) is 29.4 Å². The summed E-state index contributed by atoms with van der Waals surface area (Å²) in [7, 11) is 0. The lowest BCUT2D eigenvalue weighted by Crippen LogP contribution is -2.22. The van der Waals surface area contributed by atoms with E-state index in [1.165, 1.54) is 0 Å².